The van der Waals surface area contributed by atoms with E-state index in [2.05, 4.69) is 0 Å². The van der Waals surface area contributed by atoms with Crippen LogP contribution < -0.4 is 5.73 Å². The van der Waals surface area contributed by atoms with E-state index in [1.807, 2.05) is 60.7 Å². The summed E-state index contributed by atoms with van der Waals surface area (Å²) in [6.45, 7) is 2.11. The van der Waals surface area contributed by atoms with Gasteiger partial charge in [0.2, 0.25) is 5.91 Å². The van der Waals surface area contributed by atoms with Crippen molar-refractivity contribution in [2.45, 2.75) is 19.1 Å². The van der Waals surface area contributed by atoms with Crippen molar-refractivity contribution in [1.29, 1.82) is 0 Å². The van der Waals surface area contributed by atoms with E-state index >= 15 is 0 Å². The molecule has 1 fully saturated rings. The van der Waals surface area contributed by atoms with Gasteiger partial charge in [0.15, 0.2) is 0 Å². The van der Waals surface area contributed by atoms with E-state index in [0.29, 0.717) is 32.6 Å². The third-order valence-corrected chi connectivity index (χ3v) is 4.67. The number of piperazine rings is 1. The van der Waals surface area contributed by atoms with Crippen LogP contribution in [-0.2, 0) is 22.6 Å². The van der Waals surface area contributed by atoms with Crippen molar-refractivity contribution in [2.75, 3.05) is 26.2 Å². The van der Waals surface area contributed by atoms with E-state index in [-0.39, 0.29) is 18.6 Å². The minimum absolute atomic E-state index is 0.0730. The highest BCUT2D eigenvalue weighted by Crippen LogP contribution is 2.10. The number of hydrogen-bond donors (Lipinski definition) is 1. The van der Waals surface area contributed by atoms with Crippen LogP contribution in [0, 0.1) is 0 Å². The highest BCUT2D eigenvalue weighted by Gasteiger charge is 2.27. The third-order valence-electron chi connectivity index (χ3n) is 4.67. The van der Waals surface area contributed by atoms with Crippen LogP contribution in [0.3, 0.4) is 0 Å². The van der Waals surface area contributed by atoms with Crippen LogP contribution in [0.1, 0.15) is 11.1 Å². The van der Waals surface area contributed by atoms with Crippen molar-refractivity contribution in [3.05, 3.63) is 71.8 Å². The Morgan fingerprint density at radius 3 is 1.96 bits per heavy atom. The summed E-state index contributed by atoms with van der Waals surface area (Å²) in [7, 11) is 0. The van der Waals surface area contributed by atoms with E-state index in [1.165, 1.54) is 0 Å². The lowest BCUT2D eigenvalue weighted by Crippen LogP contribution is -2.54. The third kappa shape index (κ3) is 5.31. The van der Waals surface area contributed by atoms with E-state index in [1.54, 1.807) is 9.80 Å². The van der Waals surface area contributed by atoms with E-state index in [0.717, 1.165) is 11.1 Å². The molecule has 3 rings (SSSR count). The lowest BCUT2D eigenvalue weighted by atomic mass is 10.1. The molecular weight excluding hydrogens is 342 g/mol. The van der Waals surface area contributed by atoms with Crippen LogP contribution >= 0.6 is 0 Å². The molecule has 27 heavy (non-hydrogen) atoms. The summed E-state index contributed by atoms with van der Waals surface area (Å²) < 4.78 is 5.35. The molecule has 142 valence electrons. The number of nitrogens with zero attached hydrogens (tertiary/aromatic N) is 2. The van der Waals surface area contributed by atoms with Crippen LogP contribution in [0.4, 0.5) is 4.79 Å². The van der Waals surface area contributed by atoms with Crippen molar-refractivity contribution >= 4 is 12.0 Å². The minimum Gasteiger partial charge on any atom is -0.445 e. The van der Waals surface area contributed by atoms with Gasteiger partial charge in [-0.1, -0.05) is 60.7 Å². The van der Waals surface area contributed by atoms with Crippen molar-refractivity contribution < 1.29 is 14.3 Å². The molecule has 0 radical (unpaired) electrons. The second-order valence-electron chi connectivity index (χ2n) is 6.65. The molecule has 0 aromatic heterocycles. The Kier molecular flexibility index (Phi) is 6.44. The summed E-state index contributed by atoms with van der Waals surface area (Å²) in [4.78, 5) is 28.1. The highest BCUT2D eigenvalue weighted by molar-refractivity contribution is 5.82. The maximum Gasteiger partial charge on any atom is 0.410 e. The van der Waals surface area contributed by atoms with E-state index in [4.69, 9.17) is 10.5 Å². The van der Waals surface area contributed by atoms with Gasteiger partial charge in [0, 0.05) is 26.2 Å². The summed E-state index contributed by atoms with van der Waals surface area (Å²) in [5.41, 5.74) is 8.08. The molecule has 1 heterocycles. The predicted molar refractivity (Wildman–Crippen MR) is 103 cm³/mol. The molecule has 0 spiro atoms. The van der Waals surface area contributed by atoms with Crippen LogP contribution in [-0.4, -0.2) is 54.0 Å². The molecule has 0 saturated carbocycles. The molecule has 2 aromatic carbocycles. The van der Waals surface area contributed by atoms with E-state index < -0.39 is 6.04 Å². The Morgan fingerprint density at radius 2 is 1.37 bits per heavy atom. The van der Waals surface area contributed by atoms with Gasteiger partial charge in [0.05, 0.1) is 6.04 Å². The fourth-order valence-electron chi connectivity index (χ4n) is 3.11. The lowest BCUT2D eigenvalue weighted by molar-refractivity contribution is -0.134. The van der Waals surface area contributed by atoms with Crippen LogP contribution in [0.15, 0.2) is 60.7 Å². The number of benzene rings is 2. The zero-order valence-electron chi connectivity index (χ0n) is 15.3. The van der Waals surface area contributed by atoms with Gasteiger partial charge < -0.3 is 20.3 Å². The summed E-state index contributed by atoms with van der Waals surface area (Å²) in [6, 6.07) is 18.7. The van der Waals surface area contributed by atoms with Gasteiger partial charge >= 0.3 is 6.09 Å². The average Bonchev–Trinajstić information content (AvgIpc) is 2.73. The van der Waals surface area contributed by atoms with Gasteiger partial charge in [-0.15, -0.1) is 0 Å². The van der Waals surface area contributed by atoms with Crippen LogP contribution in [0.5, 0.6) is 0 Å². The molecule has 6 nitrogen and oxygen atoms in total. The Morgan fingerprint density at radius 1 is 0.852 bits per heavy atom. The Balaban J connectivity index is 1.43. The smallest absolute Gasteiger partial charge is 0.410 e. The Hall–Kier alpha value is -2.86. The maximum atomic E-state index is 12.6. The van der Waals surface area contributed by atoms with E-state index in [9.17, 15) is 9.59 Å². The fraction of sp³-hybridized carbons (Fsp3) is 0.333. The lowest BCUT2D eigenvalue weighted by Gasteiger charge is -2.35. The summed E-state index contributed by atoms with van der Waals surface area (Å²) in [5.74, 6) is -0.0730. The number of nitrogens with two attached hydrogens (primary N) is 1. The number of carbonyl (C=O) groups excluding carboxylic acids is 2. The van der Waals surface area contributed by atoms with Crippen molar-refractivity contribution in [3.63, 3.8) is 0 Å². The fourth-order valence-corrected chi connectivity index (χ4v) is 3.11. The zero-order chi connectivity index (χ0) is 19.1. The number of hydrogen-bond acceptors (Lipinski definition) is 4. The zero-order valence-corrected chi connectivity index (χ0v) is 15.3. The summed E-state index contributed by atoms with van der Waals surface area (Å²) >= 11 is 0. The van der Waals surface area contributed by atoms with Gasteiger partial charge in [-0.2, -0.15) is 0 Å². The SMILES string of the molecule is NC(Cc1ccccc1)C(=O)N1CCN(C(=O)OCc2ccccc2)CC1. The summed E-state index contributed by atoms with van der Waals surface area (Å²) in [5, 5.41) is 0. The van der Waals surface area contributed by atoms with Crippen molar-refractivity contribution in [1.82, 2.24) is 9.80 Å². The molecule has 1 atom stereocenters. The van der Waals surface area contributed by atoms with Gasteiger partial charge in [-0.05, 0) is 17.5 Å². The second kappa shape index (κ2) is 9.19. The second-order valence-corrected chi connectivity index (χ2v) is 6.65. The quantitative estimate of drug-likeness (QED) is 0.877. The number of carbonyl (C=O) groups is 2. The number of rotatable bonds is 5. The number of amides is 2. The highest BCUT2D eigenvalue weighted by atomic mass is 16.6. The average molecular weight is 367 g/mol. The number of ether oxygens (including phenoxy) is 1. The standard InChI is InChI=1S/C21H25N3O3/c22-19(15-17-7-3-1-4-8-17)20(25)23-11-13-24(14-12-23)21(26)27-16-18-9-5-2-6-10-18/h1-10,19H,11-16,22H2. The first-order valence-corrected chi connectivity index (χ1v) is 9.17. The first kappa shape index (κ1) is 18.9. The Bertz CT molecular complexity index is 744. The predicted octanol–water partition coefficient (Wildman–Crippen LogP) is 2.04. The molecular formula is C21H25N3O3. The molecule has 1 aliphatic heterocycles. The van der Waals surface area contributed by atoms with Gasteiger partial charge in [0.1, 0.15) is 6.61 Å². The van der Waals surface area contributed by atoms with Crippen LogP contribution in [0.2, 0.25) is 0 Å². The molecule has 0 bridgehead atoms. The molecule has 1 aliphatic rings. The summed E-state index contributed by atoms with van der Waals surface area (Å²) in [6.07, 6.45) is 0.165. The van der Waals surface area contributed by atoms with Gasteiger partial charge in [0.25, 0.3) is 0 Å². The first-order valence-electron chi connectivity index (χ1n) is 9.17. The van der Waals surface area contributed by atoms with Crippen LogP contribution in [0.25, 0.3) is 0 Å². The molecule has 6 heteroatoms. The van der Waals surface area contributed by atoms with Crippen molar-refractivity contribution in [2.24, 2.45) is 5.73 Å². The normalized spacial score (nSPS) is 15.3. The van der Waals surface area contributed by atoms with Gasteiger partial charge in [-0.3, -0.25) is 4.79 Å². The molecule has 2 N–H and O–H groups in total. The Labute approximate surface area is 159 Å². The minimum atomic E-state index is -0.566. The maximum absolute atomic E-state index is 12.6. The monoisotopic (exact) mass is 367 g/mol. The topological polar surface area (TPSA) is 75.9 Å². The molecule has 1 saturated heterocycles. The van der Waals surface area contributed by atoms with Crippen molar-refractivity contribution in [3.8, 4) is 0 Å². The molecule has 0 aliphatic carbocycles. The first-order chi connectivity index (χ1) is 13.1. The van der Waals surface area contributed by atoms with Gasteiger partial charge in [-0.25, -0.2) is 4.79 Å². The molecule has 1 unspecified atom stereocenters. The molecule has 2 aromatic rings. The largest absolute Gasteiger partial charge is 0.445 e. The molecule has 2 amide bonds.